The number of ether oxygens (including phenoxy) is 1. The van der Waals surface area contributed by atoms with E-state index in [1.165, 1.54) is 33.5 Å². The monoisotopic (exact) mass is 379 g/mol. The summed E-state index contributed by atoms with van der Waals surface area (Å²) in [6.07, 6.45) is 1.47. The number of anilines is 1. The zero-order chi connectivity index (χ0) is 19.5. The number of benzene rings is 1. The number of hydrogen-bond donors (Lipinski definition) is 2. The average Bonchev–Trinajstić information content (AvgIpc) is 2.61. The first-order chi connectivity index (χ1) is 12.2. The average molecular weight is 379 g/mol. The van der Waals surface area contributed by atoms with Gasteiger partial charge >= 0.3 is 0 Å². The number of carbonyl (C=O) groups excluding carboxylic acids is 1. The lowest BCUT2D eigenvalue weighted by Gasteiger charge is -2.16. The maximum Gasteiger partial charge on any atom is 0.269 e. The summed E-state index contributed by atoms with van der Waals surface area (Å²) >= 11 is 0. The molecule has 0 saturated carbocycles. The Kier molecular flexibility index (Phi) is 5.78. The molecule has 0 aliphatic rings. The van der Waals surface area contributed by atoms with Crippen molar-refractivity contribution in [2.75, 3.05) is 26.6 Å². The summed E-state index contributed by atoms with van der Waals surface area (Å²) in [5.74, 6) is -0.0420. The molecule has 0 atom stereocenters. The number of sulfonamides is 1. The highest BCUT2D eigenvalue weighted by atomic mass is 32.2. The molecule has 2 aromatic rings. The number of rotatable bonds is 6. The smallest absolute Gasteiger partial charge is 0.269 e. The lowest BCUT2D eigenvalue weighted by atomic mass is 10.1. The van der Waals surface area contributed by atoms with E-state index in [1.54, 1.807) is 26.0 Å². The van der Waals surface area contributed by atoms with Gasteiger partial charge in [-0.25, -0.2) is 17.7 Å². The van der Waals surface area contributed by atoms with Gasteiger partial charge in [0, 0.05) is 31.9 Å². The first-order valence-corrected chi connectivity index (χ1v) is 9.08. The molecule has 1 amide bonds. The summed E-state index contributed by atoms with van der Waals surface area (Å²) in [6.45, 7) is 3.45. The normalized spacial score (nSPS) is 11.3. The first kappa shape index (κ1) is 19.6. The number of methoxy groups -OCH3 is 1. The Hall–Kier alpha value is -2.72. The molecule has 2 rings (SSSR count). The predicted molar refractivity (Wildman–Crippen MR) is 96.5 cm³/mol. The van der Waals surface area contributed by atoms with Crippen molar-refractivity contribution in [3.05, 3.63) is 41.1 Å². The lowest BCUT2D eigenvalue weighted by molar-refractivity contribution is 0.0962. The Morgan fingerprint density at radius 3 is 2.54 bits per heavy atom. The van der Waals surface area contributed by atoms with Gasteiger partial charge in [0.25, 0.3) is 5.91 Å². The summed E-state index contributed by atoms with van der Waals surface area (Å²) in [5.41, 5.74) is 6.50. The van der Waals surface area contributed by atoms with Crippen molar-refractivity contribution in [2.45, 2.75) is 18.7 Å². The Morgan fingerprint density at radius 1 is 1.23 bits per heavy atom. The van der Waals surface area contributed by atoms with Crippen LogP contribution in [-0.4, -0.2) is 49.8 Å². The number of amides is 1. The van der Waals surface area contributed by atoms with Crippen LogP contribution in [0.3, 0.4) is 0 Å². The molecule has 0 aliphatic carbocycles. The van der Waals surface area contributed by atoms with Crippen molar-refractivity contribution in [3.63, 3.8) is 0 Å². The summed E-state index contributed by atoms with van der Waals surface area (Å²) in [7, 11) is 0.680. The first-order valence-electron chi connectivity index (χ1n) is 7.64. The molecule has 0 aliphatic heterocycles. The molecule has 0 unspecified atom stereocenters. The van der Waals surface area contributed by atoms with Gasteiger partial charge in [-0.15, -0.1) is 0 Å². The second-order valence-corrected chi connectivity index (χ2v) is 7.83. The molecule has 26 heavy (non-hydrogen) atoms. The molecule has 0 radical (unpaired) electrons. The van der Waals surface area contributed by atoms with Crippen LogP contribution in [0.2, 0.25) is 0 Å². The van der Waals surface area contributed by atoms with Crippen molar-refractivity contribution in [1.82, 2.24) is 19.7 Å². The van der Waals surface area contributed by atoms with Crippen LogP contribution in [0.4, 0.5) is 5.95 Å². The topological polar surface area (TPSA) is 114 Å². The zero-order valence-electron chi connectivity index (χ0n) is 15.2. The Labute approximate surface area is 152 Å². The van der Waals surface area contributed by atoms with E-state index in [2.05, 4.69) is 20.8 Å². The standard InChI is InChI=1S/C16H21N5O4S/c1-10-8-12(9-13(11(10)2)26(23,24)21(3)4)15(22)19-20-16-17-7-6-14(18-16)25-5/h6-9H,1-5H3,(H,19,22)(H,17,18,20). The van der Waals surface area contributed by atoms with Crippen LogP contribution in [0.5, 0.6) is 5.88 Å². The van der Waals surface area contributed by atoms with E-state index in [0.29, 0.717) is 17.0 Å². The molecule has 0 spiro atoms. The van der Waals surface area contributed by atoms with E-state index >= 15 is 0 Å². The molecular weight excluding hydrogens is 358 g/mol. The number of aromatic nitrogens is 2. The van der Waals surface area contributed by atoms with Crippen LogP contribution < -0.4 is 15.6 Å². The van der Waals surface area contributed by atoms with Gasteiger partial charge in [-0.05, 0) is 37.1 Å². The second kappa shape index (κ2) is 7.67. The minimum Gasteiger partial charge on any atom is -0.481 e. The number of carbonyl (C=O) groups is 1. The molecule has 0 saturated heterocycles. The third kappa shape index (κ3) is 4.09. The van der Waals surface area contributed by atoms with Crippen molar-refractivity contribution < 1.29 is 17.9 Å². The third-order valence-electron chi connectivity index (χ3n) is 3.77. The van der Waals surface area contributed by atoms with Gasteiger partial charge in [-0.2, -0.15) is 4.98 Å². The van der Waals surface area contributed by atoms with Crippen LogP contribution in [-0.2, 0) is 10.0 Å². The van der Waals surface area contributed by atoms with Gasteiger partial charge in [-0.3, -0.25) is 15.6 Å². The number of nitrogens with one attached hydrogen (secondary N) is 2. The highest BCUT2D eigenvalue weighted by molar-refractivity contribution is 7.89. The quantitative estimate of drug-likeness (QED) is 0.723. The molecule has 0 fully saturated rings. The third-order valence-corrected chi connectivity index (χ3v) is 5.71. The van der Waals surface area contributed by atoms with Crippen molar-refractivity contribution in [3.8, 4) is 5.88 Å². The summed E-state index contributed by atoms with van der Waals surface area (Å²) in [6, 6.07) is 4.53. The van der Waals surface area contributed by atoms with Gasteiger partial charge in [0.2, 0.25) is 21.9 Å². The molecular formula is C16H21N5O4S. The molecule has 10 heteroatoms. The van der Waals surface area contributed by atoms with Crippen LogP contribution >= 0.6 is 0 Å². The van der Waals surface area contributed by atoms with Gasteiger partial charge in [-0.1, -0.05) is 0 Å². The summed E-state index contributed by atoms with van der Waals surface area (Å²) in [5, 5.41) is 0. The SMILES string of the molecule is COc1ccnc(NNC(=O)c2cc(C)c(C)c(S(=O)(=O)N(C)C)c2)n1. The Morgan fingerprint density at radius 2 is 1.92 bits per heavy atom. The van der Waals surface area contributed by atoms with Crippen molar-refractivity contribution in [1.29, 1.82) is 0 Å². The fourth-order valence-corrected chi connectivity index (χ4v) is 3.34. The van der Waals surface area contributed by atoms with Gasteiger partial charge < -0.3 is 4.74 Å². The fourth-order valence-electron chi connectivity index (χ4n) is 2.12. The highest BCUT2D eigenvalue weighted by Crippen LogP contribution is 2.23. The van der Waals surface area contributed by atoms with Crippen LogP contribution in [0.15, 0.2) is 29.3 Å². The van der Waals surface area contributed by atoms with Gasteiger partial charge in [0.1, 0.15) is 0 Å². The molecule has 1 aromatic carbocycles. The molecule has 1 heterocycles. The van der Waals surface area contributed by atoms with E-state index in [-0.39, 0.29) is 16.4 Å². The number of hydrazine groups is 1. The molecule has 140 valence electrons. The maximum absolute atomic E-state index is 12.5. The van der Waals surface area contributed by atoms with E-state index in [0.717, 1.165) is 4.31 Å². The van der Waals surface area contributed by atoms with Crippen LogP contribution in [0.1, 0.15) is 21.5 Å². The molecule has 1 aromatic heterocycles. The number of hydrogen-bond acceptors (Lipinski definition) is 7. The molecule has 0 bridgehead atoms. The lowest BCUT2D eigenvalue weighted by Crippen LogP contribution is -2.31. The zero-order valence-corrected chi connectivity index (χ0v) is 16.0. The van der Waals surface area contributed by atoms with E-state index in [9.17, 15) is 13.2 Å². The fraction of sp³-hybridized carbons (Fsp3) is 0.312. The van der Waals surface area contributed by atoms with Crippen molar-refractivity contribution in [2.24, 2.45) is 0 Å². The molecule has 2 N–H and O–H groups in total. The van der Waals surface area contributed by atoms with Gasteiger partial charge in [0.15, 0.2) is 0 Å². The maximum atomic E-state index is 12.5. The van der Waals surface area contributed by atoms with Crippen LogP contribution in [0.25, 0.3) is 0 Å². The second-order valence-electron chi connectivity index (χ2n) is 5.71. The summed E-state index contributed by atoms with van der Waals surface area (Å²) < 4.78 is 31.0. The van der Waals surface area contributed by atoms with E-state index in [1.807, 2.05) is 0 Å². The molecule has 9 nitrogen and oxygen atoms in total. The minimum absolute atomic E-state index is 0.0882. The van der Waals surface area contributed by atoms with Crippen LogP contribution in [0, 0.1) is 13.8 Å². The van der Waals surface area contributed by atoms with E-state index < -0.39 is 15.9 Å². The largest absolute Gasteiger partial charge is 0.481 e. The summed E-state index contributed by atoms with van der Waals surface area (Å²) in [4.78, 5) is 20.5. The highest BCUT2D eigenvalue weighted by Gasteiger charge is 2.23. The number of aryl methyl sites for hydroxylation is 1. The minimum atomic E-state index is -3.67. The Bertz CT molecular complexity index is 928. The van der Waals surface area contributed by atoms with E-state index in [4.69, 9.17) is 4.74 Å². The number of nitrogens with zero attached hydrogens (tertiary/aromatic N) is 3. The van der Waals surface area contributed by atoms with Crippen molar-refractivity contribution >= 4 is 21.9 Å². The Balaban J connectivity index is 2.28. The predicted octanol–water partition coefficient (Wildman–Crippen LogP) is 1.11. The van der Waals surface area contributed by atoms with Gasteiger partial charge in [0.05, 0.1) is 12.0 Å².